The van der Waals surface area contributed by atoms with Crippen molar-refractivity contribution in [2.24, 2.45) is 0 Å². The Balaban J connectivity index is 2.56. The first-order valence-electron chi connectivity index (χ1n) is 12.7. The Morgan fingerprint density at radius 2 is 1.00 bits per heavy atom. The quantitative estimate of drug-likeness (QED) is 0.380. The molecule has 0 saturated carbocycles. The zero-order valence-corrected chi connectivity index (χ0v) is 21.4. The van der Waals surface area contributed by atoms with E-state index in [1.165, 1.54) is 51.9 Å². The number of nitrogens with zero attached hydrogens (tertiary/aromatic N) is 1. The molecule has 0 bridgehead atoms. The van der Waals surface area contributed by atoms with Gasteiger partial charge in [0, 0.05) is 23.5 Å². The van der Waals surface area contributed by atoms with E-state index < -0.39 is 0 Å². The molecule has 2 aromatic rings. The molecular weight excluding hydrogens is 376 g/mol. The van der Waals surface area contributed by atoms with Gasteiger partial charge in [0.05, 0.1) is 0 Å². The lowest BCUT2D eigenvalue weighted by atomic mass is 9.91. The van der Waals surface area contributed by atoms with Crippen LogP contribution in [0, 0.1) is 0 Å². The normalized spacial score (nSPS) is 13.3. The van der Waals surface area contributed by atoms with Crippen LogP contribution in [0.4, 0.5) is 11.4 Å². The molecule has 2 unspecified atom stereocenters. The molecule has 0 aromatic heterocycles. The highest BCUT2D eigenvalue weighted by atomic mass is 15.2. The minimum Gasteiger partial charge on any atom is -0.398 e. The van der Waals surface area contributed by atoms with Crippen molar-refractivity contribution < 1.29 is 0 Å². The minimum absolute atomic E-state index is 0.549. The van der Waals surface area contributed by atoms with Gasteiger partial charge in [-0.05, 0) is 92.2 Å². The van der Waals surface area contributed by atoms with Crippen LogP contribution >= 0.6 is 0 Å². The maximum Gasteiger partial charge on any atom is 0.0436 e. The van der Waals surface area contributed by atoms with Gasteiger partial charge in [-0.15, -0.1) is 0 Å². The third kappa shape index (κ3) is 5.64. The van der Waals surface area contributed by atoms with E-state index in [-0.39, 0.29) is 0 Å². The molecule has 172 valence electrons. The summed E-state index contributed by atoms with van der Waals surface area (Å²) in [4.78, 5) is 2.70. The third-order valence-corrected chi connectivity index (χ3v) is 7.06. The SMILES string of the molecule is CCc1cc(Cc2cc(CC)c(N(C(C)CC)C(C)CC)c(CC)c2)cc(CC)c1N. The molecule has 0 aliphatic carbocycles. The molecule has 0 amide bonds. The lowest BCUT2D eigenvalue weighted by Gasteiger charge is -2.39. The molecule has 2 aromatic carbocycles. The van der Waals surface area contributed by atoms with Gasteiger partial charge in [-0.25, -0.2) is 0 Å². The summed E-state index contributed by atoms with van der Waals surface area (Å²) < 4.78 is 0. The molecule has 2 atom stereocenters. The topological polar surface area (TPSA) is 29.3 Å². The molecule has 0 heterocycles. The summed E-state index contributed by atoms with van der Waals surface area (Å²) in [6, 6.07) is 10.7. The summed E-state index contributed by atoms with van der Waals surface area (Å²) in [5.41, 5.74) is 17.3. The van der Waals surface area contributed by atoms with Crippen molar-refractivity contribution in [1.29, 1.82) is 0 Å². The zero-order chi connectivity index (χ0) is 23.1. The molecular formula is C29H46N2. The van der Waals surface area contributed by atoms with Crippen molar-refractivity contribution in [3.8, 4) is 0 Å². The average molecular weight is 423 g/mol. The maximum absolute atomic E-state index is 6.39. The van der Waals surface area contributed by atoms with Gasteiger partial charge in [-0.1, -0.05) is 65.8 Å². The predicted octanol–water partition coefficient (Wildman–Crippen LogP) is 7.51. The number of benzene rings is 2. The first kappa shape index (κ1) is 25.3. The highest BCUT2D eigenvalue weighted by molar-refractivity contribution is 5.63. The van der Waals surface area contributed by atoms with Gasteiger partial charge in [-0.2, -0.15) is 0 Å². The van der Waals surface area contributed by atoms with Gasteiger partial charge in [0.1, 0.15) is 0 Å². The molecule has 0 aliphatic heterocycles. The van der Waals surface area contributed by atoms with Crippen molar-refractivity contribution >= 4 is 11.4 Å². The number of rotatable bonds is 11. The molecule has 2 rings (SSSR count). The lowest BCUT2D eigenvalue weighted by molar-refractivity contribution is 0.524. The molecule has 2 nitrogen and oxygen atoms in total. The summed E-state index contributed by atoms with van der Waals surface area (Å²) in [6.45, 7) is 18.4. The van der Waals surface area contributed by atoms with Crippen LogP contribution in [-0.4, -0.2) is 12.1 Å². The van der Waals surface area contributed by atoms with Crippen LogP contribution in [0.3, 0.4) is 0 Å². The third-order valence-electron chi connectivity index (χ3n) is 7.06. The Bertz CT molecular complexity index is 792. The molecule has 0 spiro atoms. The second-order valence-electron chi connectivity index (χ2n) is 9.10. The second-order valence-corrected chi connectivity index (χ2v) is 9.10. The molecule has 31 heavy (non-hydrogen) atoms. The van der Waals surface area contributed by atoms with Crippen LogP contribution in [-0.2, 0) is 32.1 Å². The van der Waals surface area contributed by atoms with E-state index in [9.17, 15) is 0 Å². The average Bonchev–Trinajstić information content (AvgIpc) is 2.79. The van der Waals surface area contributed by atoms with E-state index in [0.717, 1.165) is 37.8 Å². The first-order valence-corrected chi connectivity index (χ1v) is 12.7. The summed E-state index contributed by atoms with van der Waals surface area (Å²) in [7, 11) is 0. The number of nitrogens with two attached hydrogens (primary N) is 1. The van der Waals surface area contributed by atoms with Crippen LogP contribution in [0.1, 0.15) is 102 Å². The Hall–Kier alpha value is -1.96. The fraction of sp³-hybridized carbons (Fsp3) is 0.586. The summed E-state index contributed by atoms with van der Waals surface area (Å²) in [5.74, 6) is 0. The summed E-state index contributed by atoms with van der Waals surface area (Å²) in [6.07, 6.45) is 7.44. The van der Waals surface area contributed by atoms with Crippen LogP contribution < -0.4 is 10.6 Å². The van der Waals surface area contributed by atoms with E-state index in [1.807, 2.05) is 0 Å². The predicted molar refractivity (Wildman–Crippen MR) is 140 cm³/mol. The minimum atomic E-state index is 0.549. The van der Waals surface area contributed by atoms with Crippen LogP contribution in [0.25, 0.3) is 0 Å². The van der Waals surface area contributed by atoms with Crippen LogP contribution in [0.5, 0.6) is 0 Å². The first-order chi connectivity index (χ1) is 14.8. The van der Waals surface area contributed by atoms with Gasteiger partial charge in [0.2, 0.25) is 0 Å². The smallest absolute Gasteiger partial charge is 0.0436 e. The monoisotopic (exact) mass is 422 g/mol. The van der Waals surface area contributed by atoms with Gasteiger partial charge in [0.15, 0.2) is 0 Å². The Morgan fingerprint density at radius 1 is 0.645 bits per heavy atom. The maximum atomic E-state index is 6.39. The largest absolute Gasteiger partial charge is 0.398 e. The number of hydrogen-bond acceptors (Lipinski definition) is 2. The molecule has 0 saturated heterocycles. The van der Waals surface area contributed by atoms with Crippen molar-refractivity contribution in [2.45, 2.75) is 112 Å². The van der Waals surface area contributed by atoms with E-state index >= 15 is 0 Å². The number of aryl methyl sites for hydroxylation is 4. The summed E-state index contributed by atoms with van der Waals surface area (Å²) in [5, 5.41) is 0. The Kier molecular flexibility index (Phi) is 9.47. The number of anilines is 2. The van der Waals surface area contributed by atoms with Crippen molar-refractivity contribution in [1.82, 2.24) is 0 Å². The van der Waals surface area contributed by atoms with Crippen molar-refractivity contribution in [2.75, 3.05) is 10.6 Å². The van der Waals surface area contributed by atoms with E-state index in [0.29, 0.717) is 12.1 Å². The lowest BCUT2D eigenvalue weighted by Crippen LogP contribution is -2.41. The Morgan fingerprint density at radius 3 is 1.32 bits per heavy atom. The summed E-state index contributed by atoms with van der Waals surface area (Å²) >= 11 is 0. The molecule has 2 heteroatoms. The fourth-order valence-corrected chi connectivity index (χ4v) is 4.85. The van der Waals surface area contributed by atoms with E-state index in [1.54, 1.807) is 0 Å². The van der Waals surface area contributed by atoms with Gasteiger partial charge in [-0.3, -0.25) is 0 Å². The molecule has 0 aliphatic rings. The van der Waals surface area contributed by atoms with Gasteiger partial charge in [0.25, 0.3) is 0 Å². The van der Waals surface area contributed by atoms with Crippen LogP contribution in [0.2, 0.25) is 0 Å². The molecule has 0 fully saturated rings. The zero-order valence-electron chi connectivity index (χ0n) is 21.4. The number of hydrogen-bond donors (Lipinski definition) is 1. The van der Waals surface area contributed by atoms with Gasteiger partial charge < -0.3 is 10.6 Å². The van der Waals surface area contributed by atoms with Crippen molar-refractivity contribution in [3.05, 3.63) is 57.6 Å². The van der Waals surface area contributed by atoms with E-state index in [2.05, 4.69) is 84.6 Å². The fourth-order valence-electron chi connectivity index (χ4n) is 4.85. The Labute approximate surface area is 192 Å². The van der Waals surface area contributed by atoms with Crippen molar-refractivity contribution in [3.63, 3.8) is 0 Å². The molecule has 2 N–H and O–H groups in total. The van der Waals surface area contributed by atoms with Crippen LogP contribution in [0.15, 0.2) is 24.3 Å². The highest BCUT2D eigenvalue weighted by Gasteiger charge is 2.23. The van der Waals surface area contributed by atoms with Gasteiger partial charge >= 0.3 is 0 Å². The standard InChI is InChI=1S/C29H46N2/c1-9-20(7)31(21(8)10-2)29-26(13-5)18-23(19-27(29)14-6)15-22-16-24(11-3)28(30)25(12-4)17-22/h16-21H,9-15,30H2,1-8H3. The van der Waals surface area contributed by atoms with E-state index in [4.69, 9.17) is 5.73 Å². The number of nitrogen functional groups attached to an aromatic ring is 1. The molecule has 0 radical (unpaired) electrons. The second kappa shape index (κ2) is 11.6. The highest BCUT2D eigenvalue weighted by Crippen LogP contribution is 2.34.